The average Bonchev–Trinajstić information content (AvgIpc) is 3.41. The SMILES string of the molecule is CSC1CC(=O)N(CC2CCC(C(=O)NCCCCCC(=O)NCCCCCC(=O)NCCCCCS[C@@H]3OC(CO)[C@H](O)[C@@H](O)C3N)CC2)C1=O. The molecular formula is C36H63N5O9S2. The molecule has 0 radical (unpaired) electrons. The molecule has 5 amide bonds. The van der Waals surface area contributed by atoms with Crippen LogP contribution in [0.25, 0.3) is 0 Å². The molecule has 3 rings (SSSR count). The van der Waals surface area contributed by atoms with Gasteiger partial charge in [-0.15, -0.1) is 11.8 Å². The Morgan fingerprint density at radius 3 is 1.96 bits per heavy atom. The highest BCUT2D eigenvalue weighted by atomic mass is 32.2. The Kier molecular flexibility index (Phi) is 20.9. The zero-order valence-electron chi connectivity index (χ0n) is 30.8. The summed E-state index contributed by atoms with van der Waals surface area (Å²) in [4.78, 5) is 62.9. The lowest BCUT2D eigenvalue weighted by molar-refractivity contribution is -0.165. The summed E-state index contributed by atoms with van der Waals surface area (Å²) < 4.78 is 5.61. The van der Waals surface area contributed by atoms with Gasteiger partial charge < -0.3 is 41.7 Å². The molecule has 0 aromatic carbocycles. The fraction of sp³-hybridized carbons (Fsp3) is 0.861. The van der Waals surface area contributed by atoms with E-state index in [9.17, 15) is 39.3 Å². The smallest absolute Gasteiger partial charge is 0.242 e. The first kappa shape index (κ1) is 44.4. The molecule has 8 N–H and O–H groups in total. The van der Waals surface area contributed by atoms with Crippen LogP contribution in [0.2, 0.25) is 0 Å². The van der Waals surface area contributed by atoms with Gasteiger partial charge in [0.25, 0.3) is 0 Å². The van der Waals surface area contributed by atoms with E-state index in [0.717, 1.165) is 89.2 Å². The van der Waals surface area contributed by atoms with Crippen LogP contribution in [0.5, 0.6) is 0 Å². The maximum absolute atomic E-state index is 12.6. The summed E-state index contributed by atoms with van der Waals surface area (Å²) in [6.07, 6.45) is 10.7. The predicted molar refractivity (Wildman–Crippen MR) is 202 cm³/mol. The average molecular weight is 774 g/mol. The predicted octanol–water partition coefficient (Wildman–Crippen LogP) is 1.42. The van der Waals surface area contributed by atoms with Crippen molar-refractivity contribution in [1.29, 1.82) is 0 Å². The number of likely N-dealkylation sites (tertiary alicyclic amines) is 1. The number of carbonyl (C=O) groups excluding carboxylic acids is 5. The standard InChI is InChI=1S/C36H63N5O9S2/c1-51-27-21-30(45)41(35(27)49)22-24-13-15-25(16-14-24)34(48)40-19-8-3-6-12-28(43)38-17-7-2-5-11-29(44)39-18-9-4-10-20-52-36-31(37)33(47)32(46)26(23-42)50-36/h24-27,31-33,36,42,46-47H,2-23,37H2,1H3,(H,38,43)(H,39,44)(H,40,48)/t24?,25?,26?,27?,31?,32-,33-,36-/m0/s1. The zero-order valence-corrected chi connectivity index (χ0v) is 32.4. The van der Waals surface area contributed by atoms with Gasteiger partial charge in [0.05, 0.1) is 17.9 Å². The minimum Gasteiger partial charge on any atom is -0.394 e. The number of nitrogens with one attached hydrogen (secondary N) is 3. The number of carbonyl (C=O) groups is 5. The Hall–Kier alpha value is -1.95. The van der Waals surface area contributed by atoms with Gasteiger partial charge >= 0.3 is 0 Å². The summed E-state index contributed by atoms with van der Waals surface area (Å²) in [6.45, 7) is 1.89. The van der Waals surface area contributed by atoms with Gasteiger partial charge in [-0.25, -0.2) is 0 Å². The van der Waals surface area contributed by atoms with E-state index >= 15 is 0 Å². The zero-order chi connectivity index (χ0) is 37.9. The first-order valence-corrected chi connectivity index (χ1v) is 21.6. The highest BCUT2D eigenvalue weighted by Crippen LogP contribution is 2.32. The molecule has 3 fully saturated rings. The van der Waals surface area contributed by atoms with Crippen molar-refractivity contribution in [1.82, 2.24) is 20.9 Å². The normalized spacial score (nSPS) is 27.8. The van der Waals surface area contributed by atoms with Crippen LogP contribution in [-0.2, 0) is 28.7 Å². The maximum atomic E-state index is 12.6. The second-order valence-corrected chi connectivity index (χ2v) is 16.6. The third-order valence-corrected chi connectivity index (χ3v) is 12.5. The number of nitrogens with zero attached hydrogens (tertiary/aromatic N) is 1. The number of ether oxygens (including phenoxy) is 1. The molecule has 16 heteroatoms. The quantitative estimate of drug-likeness (QED) is 0.0547. The summed E-state index contributed by atoms with van der Waals surface area (Å²) >= 11 is 2.89. The van der Waals surface area contributed by atoms with Gasteiger partial charge in [0.1, 0.15) is 23.7 Å². The Morgan fingerprint density at radius 1 is 0.827 bits per heavy atom. The molecule has 14 nitrogen and oxygen atoms in total. The fourth-order valence-corrected chi connectivity index (χ4v) is 8.76. The van der Waals surface area contributed by atoms with Crippen molar-refractivity contribution in [3.8, 4) is 0 Å². The Labute approximate surface area is 317 Å². The number of aliphatic hydroxyl groups excluding tert-OH is 3. The number of hydrogen-bond donors (Lipinski definition) is 7. The third kappa shape index (κ3) is 15.1. The molecule has 6 atom stereocenters. The lowest BCUT2D eigenvalue weighted by atomic mass is 9.81. The van der Waals surface area contributed by atoms with E-state index in [1.54, 1.807) is 0 Å². The molecular weight excluding hydrogens is 711 g/mol. The number of hydrogen-bond acceptors (Lipinski definition) is 12. The molecule has 0 aromatic rings. The van der Waals surface area contributed by atoms with E-state index in [2.05, 4.69) is 16.0 Å². The van der Waals surface area contributed by atoms with Gasteiger partial charge in [0.2, 0.25) is 29.5 Å². The van der Waals surface area contributed by atoms with Gasteiger partial charge in [-0.3, -0.25) is 28.9 Å². The molecule has 2 heterocycles. The van der Waals surface area contributed by atoms with E-state index in [4.69, 9.17) is 10.5 Å². The van der Waals surface area contributed by atoms with Crippen molar-refractivity contribution in [2.75, 3.05) is 44.8 Å². The van der Waals surface area contributed by atoms with Crippen LogP contribution in [-0.4, -0.2) is 130 Å². The van der Waals surface area contributed by atoms with Crippen molar-refractivity contribution >= 4 is 53.1 Å². The number of imide groups is 1. The number of nitrogens with two attached hydrogens (primary N) is 1. The third-order valence-electron chi connectivity index (χ3n) is 10.3. The summed E-state index contributed by atoms with van der Waals surface area (Å²) in [5.41, 5.74) is 5.47. The second kappa shape index (κ2) is 24.5. The van der Waals surface area contributed by atoms with E-state index in [0.29, 0.717) is 45.4 Å². The minimum absolute atomic E-state index is 0.0202. The van der Waals surface area contributed by atoms with Crippen LogP contribution in [0.3, 0.4) is 0 Å². The summed E-state index contributed by atoms with van der Waals surface area (Å²) in [5.74, 6) is 0.986. The van der Waals surface area contributed by atoms with Crippen molar-refractivity contribution < 1.29 is 44.0 Å². The Bertz CT molecular complexity index is 1130. The van der Waals surface area contributed by atoms with Crippen molar-refractivity contribution in [2.45, 2.75) is 138 Å². The van der Waals surface area contributed by atoms with Gasteiger partial charge in [-0.2, -0.15) is 11.8 Å². The topological polar surface area (TPSA) is 221 Å². The van der Waals surface area contributed by atoms with Gasteiger partial charge in [-0.05, 0) is 82.1 Å². The minimum atomic E-state index is -1.20. The second-order valence-electron chi connectivity index (χ2n) is 14.3. The van der Waals surface area contributed by atoms with Gasteiger partial charge in [-0.1, -0.05) is 19.3 Å². The first-order valence-electron chi connectivity index (χ1n) is 19.2. The lowest BCUT2D eigenvalue weighted by Gasteiger charge is -2.40. The molecule has 298 valence electrons. The molecule has 2 aliphatic heterocycles. The van der Waals surface area contributed by atoms with Crippen LogP contribution in [0.4, 0.5) is 0 Å². The van der Waals surface area contributed by atoms with Crippen molar-refractivity contribution in [3.63, 3.8) is 0 Å². The number of rotatable bonds is 24. The highest BCUT2D eigenvalue weighted by molar-refractivity contribution is 8.00. The molecule has 2 saturated heterocycles. The van der Waals surface area contributed by atoms with E-state index in [1.165, 1.54) is 28.4 Å². The molecule has 52 heavy (non-hydrogen) atoms. The van der Waals surface area contributed by atoms with E-state index < -0.39 is 29.8 Å². The highest BCUT2D eigenvalue weighted by Gasteiger charge is 2.42. The van der Waals surface area contributed by atoms with Gasteiger partial charge in [0.15, 0.2) is 0 Å². The fourth-order valence-electron chi connectivity index (χ4n) is 6.91. The molecule has 0 aromatic heterocycles. The molecule has 3 aliphatic rings. The summed E-state index contributed by atoms with van der Waals surface area (Å²) in [7, 11) is 0. The molecule has 3 unspecified atom stereocenters. The first-order chi connectivity index (χ1) is 25.0. The maximum Gasteiger partial charge on any atom is 0.242 e. The number of thioether (sulfide) groups is 2. The molecule has 1 aliphatic carbocycles. The monoisotopic (exact) mass is 773 g/mol. The molecule has 1 saturated carbocycles. The largest absolute Gasteiger partial charge is 0.394 e. The van der Waals surface area contributed by atoms with Crippen LogP contribution in [0.1, 0.15) is 103 Å². The van der Waals surface area contributed by atoms with Gasteiger partial charge in [0, 0.05) is 51.4 Å². The molecule has 0 spiro atoms. The van der Waals surface area contributed by atoms with Crippen LogP contribution < -0.4 is 21.7 Å². The van der Waals surface area contributed by atoms with Crippen LogP contribution >= 0.6 is 23.5 Å². The number of aliphatic hydroxyl groups is 3. The lowest BCUT2D eigenvalue weighted by Crippen LogP contribution is -2.60. The molecule has 0 bridgehead atoms. The van der Waals surface area contributed by atoms with E-state index in [1.807, 2.05) is 6.26 Å². The van der Waals surface area contributed by atoms with Crippen molar-refractivity contribution in [3.05, 3.63) is 0 Å². The summed E-state index contributed by atoms with van der Waals surface area (Å²) in [6, 6.07) is -0.726. The Balaban J connectivity index is 1.07. The van der Waals surface area contributed by atoms with Crippen molar-refractivity contribution in [2.24, 2.45) is 17.6 Å². The Morgan fingerprint density at radius 2 is 1.40 bits per heavy atom. The number of amides is 5. The van der Waals surface area contributed by atoms with E-state index in [-0.39, 0.29) is 53.2 Å². The van der Waals surface area contributed by atoms with Crippen LogP contribution in [0.15, 0.2) is 0 Å². The number of unbranched alkanes of at least 4 members (excludes halogenated alkanes) is 6. The van der Waals surface area contributed by atoms with Crippen LogP contribution in [0, 0.1) is 11.8 Å². The summed E-state index contributed by atoms with van der Waals surface area (Å²) in [5, 5.41) is 37.9.